The first-order valence-corrected chi connectivity index (χ1v) is 14.2. The van der Waals surface area contributed by atoms with Gasteiger partial charge in [-0.1, -0.05) is 68.3 Å². The van der Waals surface area contributed by atoms with Gasteiger partial charge < -0.3 is 0 Å². The monoisotopic (exact) mass is 650 g/mol. The molecule has 4 aromatic rings. The van der Waals surface area contributed by atoms with E-state index in [4.69, 9.17) is 0 Å². The first-order chi connectivity index (χ1) is 19.4. The van der Waals surface area contributed by atoms with Gasteiger partial charge >= 0.3 is 0 Å². The second kappa shape index (κ2) is 8.19. The summed E-state index contributed by atoms with van der Waals surface area (Å²) in [6.45, 7) is 0. The van der Waals surface area contributed by atoms with Gasteiger partial charge in [0.15, 0.2) is 0 Å². The van der Waals surface area contributed by atoms with Crippen molar-refractivity contribution in [3.8, 4) is 0 Å². The lowest BCUT2D eigenvalue weighted by atomic mass is 9.66. The van der Waals surface area contributed by atoms with Gasteiger partial charge in [0.1, 0.15) is 0 Å². The van der Waals surface area contributed by atoms with Crippen molar-refractivity contribution >= 4 is 66.9 Å². The molecule has 0 spiro atoms. The number of fused-ring (bicyclic) bond motifs is 2. The van der Waals surface area contributed by atoms with Gasteiger partial charge in [-0.2, -0.15) is 0 Å². The molecule has 0 N–H and O–H groups in total. The lowest BCUT2D eigenvalue weighted by Crippen LogP contribution is -2.29. The van der Waals surface area contributed by atoms with Crippen molar-refractivity contribution in [1.82, 2.24) is 0 Å². The number of hydrogen-bond donors (Lipinski definition) is 0. The Hall–Kier alpha value is -4.14. The molecule has 2 aliphatic heterocycles. The Morgan fingerprint density at radius 3 is 1.00 bits per heavy atom. The van der Waals surface area contributed by atoms with Crippen LogP contribution in [0.1, 0.15) is 75.5 Å². The van der Waals surface area contributed by atoms with Crippen molar-refractivity contribution in [2.45, 2.75) is 11.8 Å². The third kappa shape index (κ3) is 2.92. The number of rotatable bonds is 2. The Kier molecular flexibility index (Phi) is 4.86. The van der Waals surface area contributed by atoms with E-state index in [1.165, 1.54) is 9.80 Å². The molecule has 8 heteroatoms. The van der Waals surface area contributed by atoms with E-state index >= 15 is 0 Å². The molecule has 0 unspecified atom stereocenters. The minimum atomic E-state index is -0.358. The van der Waals surface area contributed by atoms with E-state index in [1.54, 1.807) is 48.5 Å². The van der Waals surface area contributed by atoms with Gasteiger partial charge in [-0.3, -0.25) is 19.2 Å². The van der Waals surface area contributed by atoms with Crippen LogP contribution in [0, 0.1) is 0 Å². The average Bonchev–Trinajstić information content (AvgIpc) is 3.36. The number of hydrogen-bond acceptors (Lipinski definition) is 4. The lowest BCUT2D eigenvalue weighted by molar-refractivity contribution is 0.0910. The molecule has 0 radical (unpaired) electrons. The third-order valence-corrected chi connectivity index (χ3v) is 10.5. The van der Waals surface area contributed by atoms with Crippen molar-refractivity contribution in [3.63, 3.8) is 0 Å². The number of anilines is 2. The summed E-state index contributed by atoms with van der Waals surface area (Å²) in [5.74, 6) is -2.04. The second-order valence-electron chi connectivity index (χ2n) is 10.2. The Morgan fingerprint density at radius 1 is 0.450 bits per heavy atom. The summed E-state index contributed by atoms with van der Waals surface area (Å²) in [5, 5.41) is 0. The zero-order valence-electron chi connectivity index (χ0n) is 20.5. The molecule has 0 saturated carbocycles. The summed E-state index contributed by atoms with van der Waals surface area (Å²) in [7, 11) is 0. The molecule has 0 saturated heterocycles. The van der Waals surface area contributed by atoms with Gasteiger partial charge in [0.25, 0.3) is 23.6 Å². The summed E-state index contributed by atoms with van der Waals surface area (Å²) in [6, 6.07) is 25.1. The summed E-state index contributed by atoms with van der Waals surface area (Å²) >= 11 is 7.54. The standard InChI is InChI=1S/C32H16Br2N2O4/c33-27-25-17-11-21-22(30(38)35(29(21)37)15-7-3-1-4-8-15)12-18(17)26(28(27)34)20-14-24-23(13-19(20)25)31(39)36(32(24)40)16-9-5-2-6-10-16/h1-14,25-26H. The van der Waals surface area contributed by atoms with E-state index in [2.05, 4.69) is 31.9 Å². The Balaban J connectivity index is 1.28. The number of carbonyl (C=O) groups excluding carboxylic acids is 4. The maximum absolute atomic E-state index is 13.5. The van der Waals surface area contributed by atoms with Crippen LogP contribution in [-0.2, 0) is 0 Å². The van der Waals surface area contributed by atoms with Crippen molar-refractivity contribution in [1.29, 1.82) is 0 Å². The van der Waals surface area contributed by atoms with Crippen LogP contribution in [0.2, 0.25) is 0 Å². The lowest BCUT2D eigenvalue weighted by Gasteiger charge is -2.41. The molecule has 3 aliphatic carbocycles. The van der Waals surface area contributed by atoms with E-state index in [1.807, 2.05) is 36.4 Å². The highest BCUT2D eigenvalue weighted by molar-refractivity contribution is 9.14. The summed E-state index contributed by atoms with van der Waals surface area (Å²) in [4.78, 5) is 56.3. The van der Waals surface area contributed by atoms with Gasteiger partial charge in [0, 0.05) is 20.8 Å². The van der Waals surface area contributed by atoms with Crippen molar-refractivity contribution < 1.29 is 19.2 Å². The molecule has 5 aliphatic rings. The zero-order chi connectivity index (χ0) is 27.4. The van der Waals surface area contributed by atoms with E-state index in [0.717, 1.165) is 31.2 Å². The fourth-order valence-corrected chi connectivity index (χ4v) is 7.86. The van der Waals surface area contributed by atoms with Crippen LogP contribution < -0.4 is 9.80 Å². The van der Waals surface area contributed by atoms with E-state index in [0.29, 0.717) is 33.6 Å². The number of carbonyl (C=O) groups is 4. The van der Waals surface area contributed by atoms with Crippen molar-refractivity contribution in [2.75, 3.05) is 9.80 Å². The van der Waals surface area contributed by atoms with Crippen LogP contribution in [0.4, 0.5) is 11.4 Å². The fraction of sp³-hybridized carbons (Fsp3) is 0.0625. The third-order valence-electron chi connectivity index (χ3n) is 8.19. The van der Waals surface area contributed by atoms with Gasteiger partial charge in [-0.15, -0.1) is 0 Å². The maximum Gasteiger partial charge on any atom is 0.266 e. The van der Waals surface area contributed by atoms with Gasteiger partial charge in [-0.05, 0) is 70.8 Å². The number of benzene rings is 4. The highest BCUT2D eigenvalue weighted by Crippen LogP contribution is 2.60. The minimum absolute atomic E-state index is 0.303. The number of para-hydroxylation sites is 2. The van der Waals surface area contributed by atoms with Crippen LogP contribution in [0.3, 0.4) is 0 Å². The zero-order valence-corrected chi connectivity index (χ0v) is 23.7. The molecule has 2 bridgehead atoms. The molecule has 192 valence electrons. The normalized spacial score (nSPS) is 20.2. The SMILES string of the molecule is O=C1c2cc3c(cc2C(=O)N1c1ccccc1)C1C(Br)=C(Br)C3c2cc3c(cc21)C(=O)N(c1ccccc1)C3=O. The van der Waals surface area contributed by atoms with Crippen LogP contribution in [0.25, 0.3) is 0 Å². The molecule has 9 rings (SSSR count). The number of imide groups is 2. The Morgan fingerprint density at radius 2 is 0.725 bits per heavy atom. The largest absolute Gasteiger partial charge is 0.268 e. The van der Waals surface area contributed by atoms with Crippen LogP contribution in [0.15, 0.2) is 93.9 Å². The van der Waals surface area contributed by atoms with E-state index in [9.17, 15) is 19.2 Å². The quantitative estimate of drug-likeness (QED) is 0.222. The highest BCUT2D eigenvalue weighted by Gasteiger charge is 2.48. The van der Waals surface area contributed by atoms with Crippen LogP contribution >= 0.6 is 31.9 Å². The molecule has 0 fully saturated rings. The predicted octanol–water partition coefficient (Wildman–Crippen LogP) is 6.88. The molecular formula is C32H16Br2N2O4. The fourth-order valence-electron chi connectivity index (χ4n) is 6.42. The summed E-state index contributed by atoms with van der Waals surface area (Å²) < 4.78 is 1.79. The van der Waals surface area contributed by atoms with Gasteiger partial charge in [0.2, 0.25) is 0 Å². The number of halogens is 2. The van der Waals surface area contributed by atoms with Crippen molar-refractivity contribution in [3.05, 3.63) is 138 Å². The molecular weight excluding hydrogens is 636 g/mol. The number of nitrogens with zero attached hydrogens (tertiary/aromatic N) is 2. The highest BCUT2D eigenvalue weighted by atomic mass is 79.9. The topological polar surface area (TPSA) is 74.8 Å². The summed E-state index contributed by atoms with van der Waals surface area (Å²) in [6.07, 6.45) is 0. The predicted molar refractivity (Wildman–Crippen MR) is 157 cm³/mol. The average molecular weight is 652 g/mol. The van der Waals surface area contributed by atoms with Gasteiger partial charge in [-0.25, -0.2) is 9.80 Å². The maximum atomic E-state index is 13.5. The molecule has 4 amide bonds. The second-order valence-corrected chi connectivity index (χ2v) is 11.9. The van der Waals surface area contributed by atoms with E-state index < -0.39 is 0 Å². The Labute approximate surface area is 245 Å². The molecule has 0 aromatic heterocycles. The smallest absolute Gasteiger partial charge is 0.266 e. The number of amides is 4. The molecule has 2 heterocycles. The van der Waals surface area contributed by atoms with E-state index in [-0.39, 0.29) is 35.5 Å². The molecule has 0 atom stereocenters. The van der Waals surface area contributed by atoms with Crippen molar-refractivity contribution in [2.24, 2.45) is 0 Å². The first-order valence-electron chi connectivity index (χ1n) is 12.6. The first kappa shape index (κ1) is 23.7. The molecule has 6 nitrogen and oxygen atoms in total. The Bertz CT molecular complexity index is 1690. The molecule has 40 heavy (non-hydrogen) atoms. The van der Waals surface area contributed by atoms with Crippen LogP contribution in [-0.4, -0.2) is 23.6 Å². The number of allylic oxidation sites excluding steroid dienone is 2. The summed E-state index contributed by atoms with van der Waals surface area (Å²) in [5.41, 5.74) is 6.10. The minimum Gasteiger partial charge on any atom is -0.268 e. The van der Waals surface area contributed by atoms with Gasteiger partial charge in [0.05, 0.1) is 33.6 Å². The molecule has 4 aromatic carbocycles. The van der Waals surface area contributed by atoms with Crippen LogP contribution in [0.5, 0.6) is 0 Å².